The molecule has 3 nitrogen and oxygen atoms in total. The van der Waals surface area contributed by atoms with E-state index >= 15 is 0 Å². The standard InChI is InChI=1S/C12H11FN2O/c1-2-15-6-5-14-12(15)9-3-4-11(13)10(7-9)8-16/h3-8H,2H2,1H3. The van der Waals surface area contributed by atoms with Gasteiger partial charge in [-0.2, -0.15) is 0 Å². The van der Waals surface area contributed by atoms with Crippen LogP contribution in [0.1, 0.15) is 17.3 Å². The highest BCUT2D eigenvalue weighted by molar-refractivity contribution is 5.78. The number of nitrogens with zero attached hydrogens (tertiary/aromatic N) is 2. The van der Waals surface area contributed by atoms with Crippen molar-refractivity contribution in [3.05, 3.63) is 42.0 Å². The van der Waals surface area contributed by atoms with Gasteiger partial charge >= 0.3 is 0 Å². The summed E-state index contributed by atoms with van der Waals surface area (Å²) in [5, 5.41) is 0. The van der Waals surface area contributed by atoms with E-state index in [1.54, 1.807) is 12.3 Å². The number of benzene rings is 1. The number of aldehydes is 1. The topological polar surface area (TPSA) is 34.9 Å². The predicted octanol–water partition coefficient (Wildman–Crippen LogP) is 2.52. The number of carbonyl (C=O) groups excluding carboxylic acids is 1. The summed E-state index contributed by atoms with van der Waals surface area (Å²) in [6.45, 7) is 2.78. The van der Waals surface area contributed by atoms with Gasteiger partial charge in [0.2, 0.25) is 0 Å². The zero-order valence-electron chi connectivity index (χ0n) is 8.85. The Labute approximate surface area is 92.5 Å². The molecule has 0 aliphatic carbocycles. The first-order valence-electron chi connectivity index (χ1n) is 5.02. The van der Waals surface area contributed by atoms with E-state index < -0.39 is 5.82 Å². The maximum Gasteiger partial charge on any atom is 0.153 e. The first-order valence-corrected chi connectivity index (χ1v) is 5.02. The number of aryl methyl sites for hydroxylation is 1. The smallest absolute Gasteiger partial charge is 0.153 e. The number of aromatic nitrogens is 2. The lowest BCUT2D eigenvalue weighted by Gasteiger charge is -2.05. The average molecular weight is 218 g/mol. The fourth-order valence-electron chi connectivity index (χ4n) is 1.60. The van der Waals surface area contributed by atoms with Crippen molar-refractivity contribution in [1.29, 1.82) is 0 Å². The van der Waals surface area contributed by atoms with E-state index in [0.29, 0.717) is 6.29 Å². The summed E-state index contributed by atoms with van der Waals surface area (Å²) in [7, 11) is 0. The first kappa shape index (κ1) is 10.5. The molecule has 0 bridgehead atoms. The van der Waals surface area contributed by atoms with Crippen LogP contribution in [0.3, 0.4) is 0 Å². The molecule has 82 valence electrons. The summed E-state index contributed by atoms with van der Waals surface area (Å²) in [6.07, 6.45) is 4.04. The minimum atomic E-state index is -0.506. The maximum atomic E-state index is 13.1. The van der Waals surface area contributed by atoms with Gasteiger partial charge in [-0.15, -0.1) is 0 Å². The van der Waals surface area contributed by atoms with E-state index in [1.807, 2.05) is 17.7 Å². The number of carbonyl (C=O) groups is 1. The van der Waals surface area contributed by atoms with E-state index in [9.17, 15) is 9.18 Å². The van der Waals surface area contributed by atoms with Crippen LogP contribution in [0, 0.1) is 5.82 Å². The van der Waals surface area contributed by atoms with Crippen molar-refractivity contribution in [2.24, 2.45) is 0 Å². The van der Waals surface area contributed by atoms with Crippen LogP contribution >= 0.6 is 0 Å². The minimum absolute atomic E-state index is 0.0585. The molecule has 0 aliphatic rings. The first-order chi connectivity index (χ1) is 7.76. The van der Waals surface area contributed by atoms with Gasteiger partial charge in [0.15, 0.2) is 6.29 Å². The van der Waals surface area contributed by atoms with Crippen LogP contribution in [0.4, 0.5) is 4.39 Å². The number of hydrogen-bond donors (Lipinski definition) is 0. The molecule has 0 spiro atoms. The third-order valence-electron chi connectivity index (χ3n) is 2.44. The quantitative estimate of drug-likeness (QED) is 0.742. The molecule has 2 aromatic rings. The van der Waals surface area contributed by atoms with Crippen LogP contribution in [-0.4, -0.2) is 15.8 Å². The summed E-state index contributed by atoms with van der Waals surface area (Å²) in [5.41, 5.74) is 0.804. The van der Waals surface area contributed by atoms with Gasteiger partial charge in [0.05, 0.1) is 5.56 Å². The number of rotatable bonds is 3. The zero-order chi connectivity index (χ0) is 11.5. The van der Waals surface area contributed by atoms with Crippen LogP contribution in [-0.2, 0) is 6.54 Å². The average Bonchev–Trinajstić information content (AvgIpc) is 2.78. The molecule has 0 unspecified atom stereocenters. The van der Waals surface area contributed by atoms with Gasteiger partial charge in [0, 0.05) is 24.5 Å². The molecule has 1 heterocycles. The van der Waals surface area contributed by atoms with Gasteiger partial charge in [0.25, 0.3) is 0 Å². The van der Waals surface area contributed by atoms with Crippen LogP contribution in [0.5, 0.6) is 0 Å². The van der Waals surface area contributed by atoms with E-state index in [-0.39, 0.29) is 5.56 Å². The van der Waals surface area contributed by atoms with E-state index in [0.717, 1.165) is 17.9 Å². The molecular weight excluding hydrogens is 207 g/mol. The van der Waals surface area contributed by atoms with Gasteiger partial charge in [-0.3, -0.25) is 4.79 Å². The van der Waals surface area contributed by atoms with E-state index in [1.165, 1.54) is 12.1 Å². The summed E-state index contributed by atoms with van der Waals surface area (Å²) in [4.78, 5) is 14.8. The highest BCUT2D eigenvalue weighted by Crippen LogP contribution is 2.19. The van der Waals surface area contributed by atoms with Crippen molar-refractivity contribution in [1.82, 2.24) is 9.55 Å². The number of imidazole rings is 1. The Morgan fingerprint density at radius 1 is 1.50 bits per heavy atom. The Morgan fingerprint density at radius 3 is 3.00 bits per heavy atom. The predicted molar refractivity (Wildman–Crippen MR) is 58.7 cm³/mol. The molecule has 0 atom stereocenters. The lowest BCUT2D eigenvalue weighted by Crippen LogP contribution is -1.97. The third-order valence-corrected chi connectivity index (χ3v) is 2.44. The summed E-state index contributed by atoms with van der Waals surface area (Å²) in [5.74, 6) is 0.235. The molecular formula is C12H11FN2O. The number of hydrogen-bond acceptors (Lipinski definition) is 2. The molecule has 16 heavy (non-hydrogen) atoms. The van der Waals surface area contributed by atoms with Crippen LogP contribution < -0.4 is 0 Å². The molecule has 0 aliphatic heterocycles. The van der Waals surface area contributed by atoms with E-state index in [2.05, 4.69) is 4.98 Å². The Hall–Kier alpha value is -1.97. The van der Waals surface area contributed by atoms with Gasteiger partial charge in [-0.1, -0.05) is 0 Å². The Morgan fingerprint density at radius 2 is 2.31 bits per heavy atom. The fraction of sp³-hybridized carbons (Fsp3) is 0.167. The highest BCUT2D eigenvalue weighted by Gasteiger charge is 2.08. The molecule has 0 fully saturated rings. The van der Waals surface area contributed by atoms with Gasteiger partial charge < -0.3 is 4.57 Å². The molecule has 0 N–H and O–H groups in total. The monoisotopic (exact) mass is 218 g/mol. The highest BCUT2D eigenvalue weighted by atomic mass is 19.1. The normalized spacial score (nSPS) is 10.4. The van der Waals surface area contributed by atoms with Crippen LogP contribution in [0.2, 0.25) is 0 Å². The van der Waals surface area contributed by atoms with Crippen LogP contribution in [0.15, 0.2) is 30.6 Å². The largest absolute Gasteiger partial charge is 0.331 e. The Kier molecular flexibility index (Phi) is 2.81. The molecule has 0 saturated heterocycles. The van der Waals surface area contributed by atoms with Crippen molar-refractivity contribution in [2.45, 2.75) is 13.5 Å². The molecule has 0 radical (unpaired) electrons. The van der Waals surface area contributed by atoms with E-state index in [4.69, 9.17) is 0 Å². The van der Waals surface area contributed by atoms with Crippen LogP contribution in [0.25, 0.3) is 11.4 Å². The maximum absolute atomic E-state index is 13.1. The van der Waals surface area contributed by atoms with Crippen molar-refractivity contribution in [2.75, 3.05) is 0 Å². The van der Waals surface area contributed by atoms with Crippen molar-refractivity contribution in [3.63, 3.8) is 0 Å². The Balaban J connectivity index is 2.52. The van der Waals surface area contributed by atoms with Crippen molar-refractivity contribution >= 4 is 6.29 Å². The second-order valence-corrected chi connectivity index (χ2v) is 3.39. The lowest BCUT2D eigenvalue weighted by molar-refractivity contribution is 0.112. The molecule has 0 saturated carbocycles. The summed E-state index contributed by atoms with van der Waals surface area (Å²) in [6, 6.07) is 4.42. The molecule has 1 aromatic carbocycles. The van der Waals surface area contributed by atoms with Gasteiger partial charge in [-0.05, 0) is 25.1 Å². The fourth-order valence-corrected chi connectivity index (χ4v) is 1.60. The lowest BCUT2D eigenvalue weighted by atomic mass is 10.1. The van der Waals surface area contributed by atoms with Gasteiger partial charge in [-0.25, -0.2) is 9.37 Å². The summed E-state index contributed by atoms with van der Waals surface area (Å²) < 4.78 is 15.1. The third kappa shape index (κ3) is 1.74. The minimum Gasteiger partial charge on any atom is -0.331 e. The van der Waals surface area contributed by atoms with Crippen molar-refractivity contribution in [3.8, 4) is 11.4 Å². The molecule has 2 rings (SSSR count). The number of halogens is 1. The van der Waals surface area contributed by atoms with Crippen molar-refractivity contribution < 1.29 is 9.18 Å². The summed E-state index contributed by atoms with van der Waals surface area (Å²) >= 11 is 0. The zero-order valence-corrected chi connectivity index (χ0v) is 8.85. The molecule has 4 heteroatoms. The van der Waals surface area contributed by atoms with Gasteiger partial charge in [0.1, 0.15) is 11.6 Å². The molecule has 0 amide bonds. The Bertz CT molecular complexity index is 519. The molecule has 1 aromatic heterocycles. The SMILES string of the molecule is CCn1ccnc1-c1ccc(F)c(C=O)c1. The second kappa shape index (κ2) is 4.26. The second-order valence-electron chi connectivity index (χ2n) is 3.39.